The number of carbonyl (C=O) groups is 1. The fourth-order valence-electron chi connectivity index (χ4n) is 4.63. The number of anilines is 1. The zero-order chi connectivity index (χ0) is 22.6. The van der Waals surface area contributed by atoms with Crippen LogP contribution >= 0.6 is 0 Å². The van der Waals surface area contributed by atoms with E-state index in [1.165, 1.54) is 12.8 Å². The van der Waals surface area contributed by atoms with E-state index in [9.17, 15) is 10.1 Å². The topological polar surface area (TPSA) is 86.0 Å². The molecule has 4 heterocycles. The SMILES string of the molecule is N#Cc1cccc(C(=O)N2CCc3nc(-c4ccccn4)nc(N4CCCCCC4)c3C2)c1. The van der Waals surface area contributed by atoms with Crippen LogP contribution in [0.4, 0.5) is 5.82 Å². The Balaban J connectivity index is 1.52. The molecule has 1 aromatic carbocycles. The summed E-state index contributed by atoms with van der Waals surface area (Å²) >= 11 is 0. The molecule has 0 N–H and O–H groups in total. The Bertz CT molecular complexity index is 1200. The van der Waals surface area contributed by atoms with Crippen molar-refractivity contribution in [2.45, 2.75) is 38.6 Å². The Morgan fingerprint density at radius 2 is 1.82 bits per heavy atom. The molecule has 166 valence electrons. The zero-order valence-corrected chi connectivity index (χ0v) is 18.6. The maximum atomic E-state index is 13.3. The van der Waals surface area contributed by atoms with Crippen LogP contribution in [0.1, 0.15) is 52.9 Å². The maximum absolute atomic E-state index is 13.3. The summed E-state index contributed by atoms with van der Waals surface area (Å²) in [4.78, 5) is 31.8. The molecule has 0 radical (unpaired) electrons. The molecule has 1 fully saturated rings. The predicted octanol–water partition coefficient (Wildman–Crippen LogP) is 3.99. The molecule has 5 rings (SSSR count). The van der Waals surface area contributed by atoms with Crippen molar-refractivity contribution in [1.82, 2.24) is 19.9 Å². The molecule has 2 aliphatic rings. The van der Waals surface area contributed by atoms with E-state index in [2.05, 4.69) is 16.0 Å². The third-order valence-corrected chi connectivity index (χ3v) is 6.36. The number of nitrogens with zero attached hydrogens (tertiary/aromatic N) is 6. The lowest BCUT2D eigenvalue weighted by molar-refractivity contribution is 0.0733. The standard InChI is InChI=1S/C26H26N6O/c27-17-19-8-7-9-20(16-19)26(33)32-15-11-22-21(18-32)25(31-13-5-1-2-6-14-31)30-24(29-22)23-10-3-4-12-28-23/h3-4,7-10,12,16H,1-2,5-6,11,13-15,18H2. The van der Waals surface area contributed by atoms with Gasteiger partial charge >= 0.3 is 0 Å². The maximum Gasteiger partial charge on any atom is 0.254 e. The molecule has 33 heavy (non-hydrogen) atoms. The van der Waals surface area contributed by atoms with E-state index in [1.54, 1.807) is 30.5 Å². The number of nitriles is 1. The first-order valence-corrected chi connectivity index (χ1v) is 11.6. The first kappa shape index (κ1) is 21.1. The average Bonchev–Trinajstić information content (AvgIpc) is 3.17. The van der Waals surface area contributed by atoms with Crippen molar-refractivity contribution in [3.8, 4) is 17.6 Å². The summed E-state index contributed by atoms with van der Waals surface area (Å²) in [6.45, 7) is 2.98. The van der Waals surface area contributed by atoms with Crippen molar-refractivity contribution in [3.63, 3.8) is 0 Å². The molecule has 1 saturated heterocycles. The molecule has 1 amide bonds. The monoisotopic (exact) mass is 438 g/mol. The van der Waals surface area contributed by atoms with Gasteiger partial charge in [0.2, 0.25) is 0 Å². The first-order chi connectivity index (χ1) is 16.2. The highest BCUT2D eigenvalue weighted by Gasteiger charge is 2.29. The molecule has 7 nitrogen and oxygen atoms in total. The van der Waals surface area contributed by atoms with E-state index in [0.29, 0.717) is 36.5 Å². The van der Waals surface area contributed by atoms with Crippen molar-refractivity contribution in [2.24, 2.45) is 0 Å². The van der Waals surface area contributed by atoms with Gasteiger partial charge in [0.05, 0.1) is 23.9 Å². The third-order valence-electron chi connectivity index (χ3n) is 6.36. The molecule has 0 saturated carbocycles. The number of amides is 1. The summed E-state index contributed by atoms with van der Waals surface area (Å²) in [6, 6.07) is 14.8. The summed E-state index contributed by atoms with van der Waals surface area (Å²) in [7, 11) is 0. The van der Waals surface area contributed by atoms with Crippen LogP contribution in [0.2, 0.25) is 0 Å². The number of hydrogen-bond acceptors (Lipinski definition) is 6. The second-order valence-corrected chi connectivity index (χ2v) is 8.58. The van der Waals surface area contributed by atoms with Gasteiger partial charge in [-0.25, -0.2) is 9.97 Å². The van der Waals surface area contributed by atoms with Gasteiger partial charge in [-0.15, -0.1) is 0 Å². The number of fused-ring (bicyclic) bond motifs is 1. The Morgan fingerprint density at radius 1 is 0.970 bits per heavy atom. The highest BCUT2D eigenvalue weighted by Crippen LogP contribution is 2.31. The Kier molecular flexibility index (Phi) is 5.99. The second kappa shape index (κ2) is 9.37. The first-order valence-electron chi connectivity index (χ1n) is 11.6. The minimum absolute atomic E-state index is 0.0617. The van der Waals surface area contributed by atoms with Crippen LogP contribution in [-0.2, 0) is 13.0 Å². The van der Waals surface area contributed by atoms with Crippen molar-refractivity contribution in [2.75, 3.05) is 24.5 Å². The van der Waals surface area contributed by atoms with Gasteiger partial charge in [0.15, 0.2) is 5.82 Å². The number of pyridine rings is 1. The van der Waals surface area contributed by atoms with Gasteiger partial charge in [0, 0.05) is 43.4 Å². The molecule has 0 spiro atoms. The van der Waals surface area contributed by atoms with Crippen molar-refractivity contribution < 1.29 is 4.79 Å². The summed E-state index contributed by atoms with van der Waals surface area (Å²) in [5.41, 5.74) is 3.84. The number of carbonyl (C=O) groups excluding carboxylic acids is 1. The lowest BCUT2D eigenvalue weighted by Crippen LogP contribution is -2.38. The summed E-state index contributed by atoms with van der Waals surface area (Å²) in [5, 5.41) is 9.21. The fourth-order valence-corrected chi connectivity index (χ4v) is 4.63. The van der Waals surface area contributed by atoms with Crippen LogP contribution in [0, 0.1) is 11.3 Å². The Labute approximate surface area is 193 Å². The van der Waals surface area contributed by atoms with Gasteiger partial charge < -0.3 is 9.80 Å². The lowest BCUT2D eigenvalue weighted by Gasteiger charge is -2.33. The molecule has 7 heteroatoms. The Hall–Kier alpha value is -3.79. The zero-order valence-electron chi connectivity index (χ0n) is 18.6. The smallest absolute Gasteiger partial charge is 0.254 e. The van der Waals surface area contributed by atoms with Gasteiger partial charge in [-0.05, 0) is 43.2 Å². The lowest BCUT2D eigenvalue weighted by atomic mass is 10.0. The van der Waals surface area contributed by atoms with Crippen LogP contribution in [0.3, 0.4) is 0 Å². The van der Waals surface area contributed by atoms with E-state index >= 15 is 0 Å². The number of benzene rings is 1. The molecule has 0 aliphatic carbocycles. The van der Waals surface area contributed by atoms with Crippen LogP contribution in [0.15, 0.2) is 48.7 Å². The number of rotatable bonds is 3. The van der Waals surface area contributed by atoms with Crippen molar-refractivity contribution in [1.29, 1.82) is 5.26 Å². The fraction of sp³-hybridized carbons (Fsp3) is 0.346. The molecule has 2 aliphatic heterocycles. The van der Waals surface area contributed by atoms with Gasteiger partial charge in [-0.1, -0.05) is 25.0 Å². The van der Waals surface area contributed by atoms with Gasteiger partial charge in [-0.3, -0.25) is 9.78 Å². The molecule has 0 unspecified atom stereocenters. The van der Waals surface area contributed by atoms with Crippen LogP contribution in [-0.4, -0.2) is 45.4 Å². The molecule has 0 atom stereocenters. The summed E-state index contributed by atoms with van der Waals surface area (Å²) < 4.78 is 0. The van der Waals surface area contributed by atoms with Crippen molar-refractivity contribution >= 4 is 11.7 Å². The highest BCUT2D eigenvalue weighted by atomic mass is 16.2. The van der Waals surface area contributed by atoms with E-state index in [1.807, 2.05) is 23.1 Å². The molecule has 2 aromatic heterocycles. The van der Waals surface area contributed by atoms with E-state index in [0.717, 1.165) is 48.7 Å². The van der Waals surface area contributed by atoms with E-state index in [-0.39, 0.29) is 5.91 Å². The molecular weight excluding hydrogens is 412 g/mol. The summed E-state index contributed by atoms with van der Waals surface area (Å²) in [6.07, 6.45) is 7.18. The van der Waals surface area contributed by atoms with Crippen LogP contribution in [0.25, 0.3) is 11.5 Å². The van der Waals surface area contributed by atoms with Crippen LogP contribution < -0.4 is 4.90 Å². The second-order valence-electron chi connectivity index (χ2n) is 8.58. The minimum Gasteiger partial charge on any atom is -0.356 e. The third kappa shape index (κ3) is 4.42. The van der Waals surface area contributed by atoms with E-state index < -0.39 is 0 Å². The molecule has 0 bridgehead atoms. The highest BCUT2D eigenvalue weighted by molar-refractivity contribution is 5.94. The number of hydrogen-bond donors (Lipinski definition) is 0. The quantitative estimate of drug-likeness (QED) is 0.615. The van der Waals surface area contributed by atoms with Crippen molar-refractivity contribution in [3.05, 3.63) is 71.0 Å². The van der Waals surface area contributed by atoms with Crippen LogP contribution in [0.5, 0.6) is 0 Å². The minimum atomic E-state index is -0.0617. The normalized spacial score (nSPS) is 16.0. The van der Waals surface area contributed by atoms with Gasteiger partial charge in [0.1, 0.15) is 11.5 Å². The largest absolute Gasteiger partial charge is 0.356 e. The van der Waals surface area contributed by atoms with E-state index in [4.69, 9.17) is 9.97 Å². The molecular formula is C26H26N6O. The number of aromatic nitrogens is 3. The average molecular weight is 439 g/mol. The molecule has 3 aromatic rings. The Morgan fingerprint density at radius 3 is 2.58 bits per heavy atom. The van der Waals surface area contributed by atoms with Gasteiger partial charge in [-0.2, -0.15) is 5.26 Å². The summed E-state index contributed by atoms with van der Waals surface area (Å²) in [5.74, 6) is 1.52. The predicted molar refractivity (Wildman–Crippen MR) is 126 cm³/mol. The van der Waals surface area contributed by atoms with Gasteiger partial charge in [0.25, 0.3) is 5.91 Å².